The largest absolute Gasteiger partial charge is 0.481 e. The smallest absolute Gasteiger partial charge is 0.307 e. The van der Waals surface area contributed by atoms with E-state index in [1.54, 1.807) is 0 Å². The van der Waals surface area contributed by atoms with E-state index in [1.165, 1.54) is 18.2 Å². The Kier molecular flexibility index (Phi) is 3.68. The lowest BCUT2D eigenvalue weighted by molar-refractivity contribution is -0.135. The van der Waals surface area contributed by atoms with Gasteiger partial charge < -0.3 is 5.11 Å². The average Bonchev–Trinajstić information content (AvgIpc) is 2.20. The summed E-state index contributed by atoms with van der Waals surface area (Å²) in [4.78, 5) is 24.2. The van der Waals surface area contributed by atoms with Crippen LogP contribution < -0.4 is 0 Å². The summed E-state index contributed by atoms with van der Waals surface area (Å²) in [6.45, 7) is 0. The molecule has 78 valence electrons. The van der Waals surface area contributed by atoms with Crippen LogP contribution in [-0.4, -0.2) is 22.3 Å². The third-order valence-corrected chi connectivity index (χ3v) is 1.61. The molecule has 0 fully saturated rings. The number of nitrogens with zero attached hydrogens (tertiary/aromatic N) is 1. The van der Waals surface area contributed by atoms with E-state index in [0.717, 1.165) is 6.20 Å². The highest BCUT2D eigenvalue weighted by molar-refractivity contribution is 5.76. The van der Waals surface area contributed by atoms with E-state index in [4.69, 9.17) is 5.11 Å². The van der Waals surface area contributed by atoms with Crippen molar-refractivity contribution in [3.8, 4) is 0 Å². The van der Waals surface area contributed by atoms with E-state index >= 15 is 0 Å². The van der Waals surface area contributed by atoms with Gasteiger partial charge in [0, 0.05) is 0 Å². The minimum absolute atomic E-state index is 0.0972. The molecule has 0 saturated heterocycles. The van der Waals surface area contributed by atoms with Gasteiger partial charge in [-0.2, -0.15) is 0 Å². The summed E-state index contributed by atoms with van der Waals surface area (Å²) in [5.74, 6) is -1.66. The van der Waals surface area contributed by atoms with Crippen molar-refractivity contribution in [2.75, 3.05) is 0 Å². The normalized spacial score (nSPS) is 10.5. The lowest BCUT2D eigenvalue weighted by Crippen LogP contribution is -1.92. The highest BCUT2D eigenvalue weighted by Crippen LogP contribution is 2.06. The maximum atomic E-state index is 12.8. The Hall–Kier alpha value is -2.04. The molecule has 0 bridgehead atoms. The molecule has 0 saturated carbocycles. The van der Waals surface area contributed by atoms with Crippen LogP contribution >= 0.6 is 0 Å². The number of carbonyl (C=O) groups excluding carboxylic acids is 1. The van der Waals surface area contributed by atoms with Gasteiger partial charge in [-0.25, -0.2) is 4.39 Å². The number of pyridine rings is 1. The summed E-state index contributed by atoms with van der Waals surface area (Å²) in [5, 5.41) is 8.35. The lowest BCUT2D eigenvalue weighted by atomic mass is 10.2. The Morgan fingerprint density at radius 1 is 1.60 bits per heavy atom. The molecule has 0 atom stereocenters. The number of carboxylic acids is 1. The third-order valence-electron chi connectivity index (χ3n) is 1.61. The number of hydrogen-bond donors (Lipinski definition) is 1. The second-order valence-electron chi connectivity index (χ2n) is 2.75. The first-order valence-corrected chi connectivity index (χ1v) is 4.12. The van der Waals surface area contributed by atoms with Gasteiger partial charge in [-0.1, -0.05) is 6.08 Å². The highest BCUT2D eigenvalue weighted by Gasteiger charge is 2.01. The van der Waals surface area contributed by atoms with Crippen LogP contribution in [0.5, 0.6) is 0 Å². The van der Waals surface area contributed by atoms with Gasteiger partial charge in [0.15, 0.2) is 12.1 Å². The minimum atomic E-state index is -0.969. The van der Waals surface area contributed by atoms with Crippen molar-refractivity contribution in [1.82, 2.24) is 4.98 Å². The quantitative estimate of drug-likeness (QED) is 0.763. The van der Waals surface area contributed by atoms with Gasteiger partial charge >= 0.3 is 5.97 Å². The molecule has 1 heterocycles. The standard InChI is InChI=1S/C10H8FNO3/c11-9-5-12-8(4-7(9)6-13)2-1-3-10(14)15/h1-2,4-6H,3H2,(H,14,15). The molecule has 5 heteroatoms. The summed E-state index contributed by atoms with van der Waals surface area (Å²) in [6.07, 6.45) is 3.95. The fourth-order valence-electron chi connectivity index (χ4n) is 0.933. The first-order valence-electron chi connectivity index (χ1n) is 4.12. The number of rotatable bonds is 4. The van der Waals surface area contributed by atoms with Crippen LogP contribution in [0, 0.1) is 5.82 Å². The monoisotopic (exact) mass is 209 g/mol. The van der Waals surface area contributed by atoms with Crippen molar-refractivity contribution in [2.45, 2.75) is 6.42 Å². The molecular formula is C10H8FNO3. The number of aldehydes is 1. The molecule has 4 nitrogen and oxygen atoms in total. The molecule has 0 amide bonds. The van der Waals surface area contributed by atoms with Gasteiger partial charge in [0.05, 0.1) is 23.9 Å². The number of halogens is 1. The molecule has 0 aliphatic heterocycles. The molecule has 1 N–H and O–H groups in total. The van der Waals surface area contributed by atoms with E-state index in [1.807, 2.05) is 0 Å². The zero-order chi connectivity index (χ0) is 11.3. The van der Waals surface area contributed by atoms with Gasteiger partial charge in [-0.15, -0.1) is 0 Å². The summed E-state index contributed by atoms with van der Waals surface area (Å²) in [6, 6.07) is 1.25. The van der Waals surface area contributed by atoms with E-state index in [-0.39, 0.29) is 12.0 Å². The molecule has 1 aromatic heterocycles. The summed E-state index contributed by atoms with van der Waals surface area (Å²) in [7, 11) is 0. The minimum Gasteiger partial charge on any atom is -0.481 e. The zero-order valence-corrected chi connectivity index (χ0v) is 7.68. The molecule has 1 rings (SSSR count). The molecule has 1 aromatic rings. The van der Waals surface area contributed by atoms with Crippen molar-refractivity contribution >= 4 is 18.3 Å². The van der Waals surface area contributed by atoms with Crippen LogP contribution in [0.4, 0.5) is 4.39 Å². The summed E-state index contributed by atoms with van der Waals surface area (Å²) >= 11 is 0. The molecule has 0 spiro atoms. The predicted octanol–water partition coefficient (Wildman–Crippen LogP) is 1.52. The van der Waals surface area contributed by atoms with Crippen molar-refractivity contribution in [2.24, 2.45) is 0 Å². The highest BCUT2D eigenvalue weighted by atomic mass is 19.1. The Labute approximate surface area is 85.1 Å². The molecular weight excluding hydrogens is 201 g/mol. The van der Waals surface area contributed by atoms with Gasteiger partial charge in [0.2, 0.25) is 0 Å². The number of carboxylic acid groups (broad SMARTS) is 1. The van der Waals surface area contributed by atoms with Crippen LogP contribution in [0.25, 0.3) is 6.08 Å². The topological polar surface area (TPSA) is 67.3 Å². The summed E-state index contributed by atoms with van der Waals surface area (Å²) < 4.78 is 12.8. The predicted molar refractivity (Wildman–Crippen MR) is 50.9 cm³/mol. The van der Waals surface area contributed by atoms with Gasteiger partial charge in [-0.3, -0.25) is 14.6 Å². The van der Waals surface area contributed by atoms with Crippen LogP contribution in [0.3, 0.4) is 0 Å². The molecule has 0 aromatic carbocycles. The van der Waals surface area contributed by atoms with Crippen molar-refractivity contribution in [1.29, 1.82) is 0 Å². The van der Waals surface area contributed by atoms with Crippen molar-refractivity contribution < 1.29 is 19.1 Å². The first-order chi connectivity index (χ1) is 7.13. The van der Waals surface area contributed by atoms with E-state index < -0.39 is 11.8 Å². The molecule has 0 aliphatic carbocycles. The fraction of sp³-hybridized carbons (Fsp3) is 0.100. The van der Waals surface area contributed by atoms with Crippen molar-refractivity contribution in [3.05, 3.63) is 35.4 Å². The van der Waals surface area contributed by atoms with Crippen LogP contribution in [-0.2, 0) is 4.79 Å². The number of aromatic nitrogens is 1. The van der Waals surface area contributed by atoms with Gasteiger partial charge in [0.1, 0.15) is 0 Å². The lowest BCUT2D eigenvalue weighted by Gasteiger charge is -1.95. The Bertz CT molecular complexity index is 415. The van der Waals surface area contributed by atoms with Crippen LogP contribution in [0.15, 0.2) is 18.3 Å². The van der Waals surface area contributed by atoms with E-state index in [9.17, 15) is 14.0 Å². The first kappa shape index (κ1) is 11.0. The fourth-order valence-corrected chi connectivity index (χ4v) is 0.933. The maximum absolute atomic E-state index is 12.8. The number of carbonyl (C=O) groups is 2. The molecule has 0 unspecified atom stereocenters. The van der Waals surface area contributed by atoms with Gasteiger partial charge in [-0.05, 0) is 12.1 Å². The summed E-state index contributed by atoms with van der Waals surface area (Å²) in [5.41, 5.74) is 0.250. The Morgan fingerprint density at radius 3 is 2.93 bits per heavy atom. The SMILES string of the molecule is O=Cc1cc(C=CCC(=O)O)ncc1F. The van der Waals surface area contributed by atoms with E-state index in [0.29, 0.717) is 12.0 Å². The second kappa shape index (κ2) is 4.99. The second-order valence-corrected chi connectivity index (χ2v) is 2.75. The van der Waals surface area contributed by atoms with Gasteiger partial charge in [0.25, 0.3) is 0 Å². The molecule has 0 aliphatic rings. The zero-order valence-electron chi connectivity index (χ0n) is 7.68. The van der Waals surface area contributed by atoms with Crippen LogP contribution in [0.2, 0.25) is 0 Å². The van der Waals surface area contributed by atoms with Crippen molar-refractivity contribution in [3.63, 3.8) is 0 Å². The Balaban J connectivity index is 2.82. The van der Waals surface area contributed by atoms with E-state index in [2.05, 4.69) is 4.98 Å². The average molecular weight is 209 g/mol. The van der Waals surface area contributed by atoms with Crippen LogP contribution in [0.1, 0.15) is 22.5 Å². The maximum Gasteiger partial charge on any atom is 0.307 e. The Morgan fingerprint density at radius 2 is 2.33 bits per heavy atom. The number of aliphatic carboxylic acids is 1. The number of hydrogen-bond acceptors (Lipinski definition) is 3. The molecule has 15 heavy (non-hydrogen) atoms. The molecule has 0 radical (unpaired) electrons. The third kappa shape index (κ3) is 3.30.